The van der Waals surface area contributed by atoms with Crippen LogP contribution in [0.2, 0.25) is 0 Å². The quantitative estimate of drug-likeness (QED) is 0.837. The summed E-state index contributed by atoms with van der Waals surface area (Å²) in [5.74, 6) is 4.03. The van der Waals surface area contributed by atoms with Crippen LogP contribution in [0, 0.1) is 11.8 Å². The standard InChI is InChI=1S/C13H24N2OS/c1-9(2)12-14-10(3)13(16)15(12)8-11-4-6-17-7-5-11/h9-12,14H,4-8H2,1-3H3. The minimum absolute atomic E-state index is 0.000338. The van der Waals surface area contributed by atoms with Crippen molar-refractivity contribution in [3.63, 3.8) is 0 Å². The van der Waals surface area contributed by atoms with Gasteiger partial charge in [0.1, 0.15) is 0 Å². The molecule has 0 aromatic carbocycles. The predicted molar refractivity (Wildman–Crippen MR) is 73.0 cm³/mol. The molecule has 2 rings (SSSR count). The van der Waals surface area contributed by atoms with Crippen LogP contribution in [0.15, 0.2) is 0 Å². The Morgan fingerprint density at radius 1 is 1.41 bits per heavy atom. The molecule has 0 bridgehead atoms. The predicted octanol–water partition coefficient (Wildman–Crippen LogP) is 1.93. The van der Waals surface area contributed by atoms with Crippen LogP contribution in [0.5, 0.6) is 0 Å². The molecule has 0 aliphatic carbocycles. The van der Waals surface area contributed by atoms with Crippen molar-refractivity contribution in [1.82, 2.24) is 10.2 Å². The van der Waals surface area contributed by atoms with Crippen molar-refractivity contribution in [3.05, 3.63) is 0 Å². The highest BCUT2D eigenvalue weighted by atomic mass is 32.2. The second-order valence-corrected chi connectivity index (χ2v) is 6.85. The summed E-state index contributed by atoms with van der Waals surface area (Å²) in [6.07, 6.45) is 2.79. The number of rotatable bonds is 3. The van der Waals surface area contributed by atoms with E-state index in [-0.39, 0.29) is 12.2 Å². The average Bonchev–Trinajstić information content (AvgIpc) is 2.59. The Kier molecular flexibility index (Phi) is 4.36. The molecule has 3 nitrogen and oxygen atoms in total. The van der Waals surface area contributed by atoms with Gasteiger partial charge in [-0.3, -0.25) is 10.1 Å². The molecule has 1 amide bonds. The van der Waals surface area contributed by atoms with E-state index >= 15 is 0 Å². The van der Waals surface area contributed by atoms with Crippen LogP contribution in [0.1, 0.15) is 33.6 Å². The molecule has 0 spiro atoms. The lowest BCUT2D eigenvalue weighted by Crippen LogP contribution is -2.44. The van der Waals surface area contributed by atoms with E-state index in [0.29, 0.717) is 17.7 Å². The molecular weight excluding hydrogens is 232 g/mol. The first-order valence-corrected chi connectivity index (χ1v) is 7.89. The molecule has 2 saturated heterocycles. The summed E-state index contributed by atoms with van der Waals surface area (Å²) in [6, 6.07) is 0.000338. The van der Waals surface area contributed by atoms with Gasteiger partial charge in [0.05, 0.1) is 12.2 Å². The summed E-state index contributed by atoms with van der Waals surface area (Å²) in [4.78, 5) is 14.2. The first-order chi connectivity index (χ1) is 8.09. The number of thioether (sulfide) groups is 1. The molecule has 0 aromatic heterocycles. The van der Waals surface area contributed by atoms with Gasteiger partial charge in [0.25, 0.3) is 0 Å². The number of amides is 1. The van der Waals surface area contributed by atoms with E-state index in [1.54, 1.807) is 0 Å². The number of hydrogen-bond donors (Lipinski definition) is 1. The zero-order chi connectivity index (χ0) is 12.4. The van der Waals surface area contributed by atoms with Crippen molar-refractivity contribution in [1.29, 1.82) is 0 Å². The smallest absolute Gasteiger partial charge is 0.240 e. The summed E-state index contributed by atoms with van der Waals surface area (Å²) in [6.45, 7) is 7.31. The summed E-state index contributed by atoms with van der Waals surface area (Å²) in [5, 5.41) is 3.41. The van der Waals surface area contributed by atoms with Crippen molar-refractivity contribution >= 4 is 17.7 Å². The van der Waals surface area contributed by atoms with Crippen molar-refractivity contribution in [2.24, 2.45) is 11.8 Å². The fourth-order valence-corrected chi connectivity index (χ4v) is 3.97. The lowest BCUT2D eigenvalue weighted by molar-refractivity contribution is -0.130. The fourth-order valence-electron chi connectivity index (χ4n) is 2.77. The maximum absolute atomic E-state index is 12.2. The molecule has 2 heterocycles. The normalized spacial score (nSPS) is 31.5. The molecule has 2 atom stereocenters. The minimum atomic E-state index is 0.000338. The molecule has 4 heteroatoms. The Bertz CT molecular complexity index is 277. The number of nitrogens with one attached hydrogen (secondary N) is 1. The third-order valence-electron chi connectivity index (χ3n) is 3.84. The number of hydrogen-bond acceptors (Lipinski definition) is 3. The molecule has 1 N–H and O–H groups in total. The maximum atomic E-state index is 12.2. The lowest BCUT2D eigenvalue weighted by Gasteiger charge is -2.32. The van der Waals surface area contributed by atoms with Crippen LogP contribution in [0.3, 0.4) is 0 Å². The maximum Gasteiger partial charge on any atom is 0.240 e. The van der Waals surface area contributed by atoms with Gasteiger partial charge in [-0.25, -0.2) is 0 Å². The zero-order valence-corrected chi connectivity index (χ0v) is 11.9. The van der Waals surface area contributed by atoms with Crippen molar-refractivity contribution in [3.8, 4) is 0 Å². The molecule has 98 valence electrons. The second kappa shape index (κ2) is 5.61. The highest BCUT2D eigenvalue weighted by Gasteiger charge is 2.38. The molecule has 2 aliphatic heterocycles. The average molecular weight is 256 g/mol. The first kappa shape index (κ1) is 13.2. The Balaban J connectivity index is 1.98. The minimum Gasteiger partial charge on any atom is -0.325 e. The van der Waals surface area contributed by atoms with Crippen molar-refractivity contribution in [2.75, 3.05) is 18.1 Å². The zero-order valence-electron chi connectivity index (χ0n) is 11.1. The van der Waals surface area contributed by atoms with E-state index in [9.17, 15) is 4.79 Å². The van der Waals surface area contributed by atoms with Crippen LogP contribution in [0.25, 0.3) is 0 Å². The topological polar surface area (TPSA) is 32.3 Å². The van der Waals surface area contributed by atoms with Gasteiger partial charge in [-0.05, 0) is 43.1 Å². The van der Waals surface area contributed by atoms with Gasteiger partial charge < -0.3 is 4.90 Å². The number of nitrogens with zero attached hydrogens (tertiary/aromatic N) is 1. The molecule has 2 aliphatic rings. The third-order valence-corrected chi connectivity index (χ3v) is 4.89. The van der Waals surface area contributed by atoms with Gasteiger partial charge in [-0.1, -0.05) is 13.8 Å². The van der Waals surface area contributed by atoms with Crippen molar-refractivity contribution < 1.29 is 4.79 Å². The molecule has 2 fully saturated rings. The SMILES string of the molecule is CC1NC(C(C)C)N(CC2CCSCC2)C1=O. The Labute approximate surface area is 109 Å². The van der Waals surface area contributed by atoms with Crippen LogP contribution in [-0.4, -0.2) is 41.1 Å². The molecule has 2 unspecified atom stereocenters. The summed E-state index contributed by atoms with van der Waals surface area (Å²) in [5.41, 5.74) is 0. The fraction of sp³-hybridized carbons (Fsp3) is 0.923. The van der Waals surface area contributed by atoms with Gasteiger partial charge in [-0.2, -0.15) is 11.8 Å². The molecule has 17 heavy (non-hydrogen) atoms. The van der Waals surface area contributed by atoms with Crippen LogP contribution >= 0.6 is 11.8 Å². The van der Waals surface area contributed by atoms with Gasteiger partial charge in [-0.15, -0.1) is 0 Å². The summed E-state index contributed by atoms with van der Waals surface area (Å²) < 4.78 is 0. The van der Waals surface area contributed by atoms with Crippen molar-refractivity contribution in [2.45, 2.75) is 45.8 Å². The van der Waals surface area contributed by atoms with Crippen LogP contribution < -0.4 is 5.32 Å². The lowest BCUT2D eigenvalue weighted by atomic mass is 10.0. The highest BCUT2D eigenvalue weighted by molar-refractivity contribution is 7.99. The third kappa shape index (κ3) is 2.97. The molecule has 0 saturated carbocycles. The van der Waals surface area contributed by atoms with Gasteiger partial charge >= 0.3 is 0 Å². The van der Waals surface area contributed by atoms with Crippen LogP contribution in [0.4, 0.5) is 0 Å². The molecular formula is C13H24N2OS. The Hall–Kier alpha value is -0.220. The van der Waals surface area contributed by atoms with E-state index in [0.717, 1.165) is 6.54 Å². The van der Waals surface area contributed by atoms with Gasteiger partial charge in [0.2, 0.25) is 5.91 Å². The summed E-state index contributed by atoms with van der Waals surface area (Å²) in [7, 11) is 0. The van der Waals surface area contributed by atoms with E-state index in [4.69, 9.17) is 0 Å². The second-order valence-electron chi connectivity index (χ2n) is 5.62. The summed E-state index contributed by atoms with van der Waals surface area (Å²) >= 11 is 2.05. The molecule has 0 aromatic rings. The number of carbonyl (C=O) groups is 1. The van der Waals surface area contributed by atoms with Gasteiger partial charge in [0.15, 0.2) is 0 Å². The van der Waals surface area contributed by atoms with Crippen LogP contribution in [-0.2, 0) is 4.79 Å². The van der Waals surface area contributed by atoms with E-state index < -0.39 is 0 Å². The number of carbonyl (C=O) groups excluding carboxylic acids is 1. The van der Waals surface area contributed by atoms with E-state index in [1.165, 1.54) is 24.3 Å². The molecule has 0 radical (unpaired) electrons. The highest BCUT2D eigenvalue weighted by Crippen LogP contribution is 2.26. The first-order valence-electron chi connectivity index (χ1n) is 6.74. The van der Waals surface area contributed by atoms with Gasteiger partial charge in [0, 0.05) is 6.54 Å². The largest absolute Gasteiger partial charge is 0.325 e. The Morgan fingerprint density at radius 3 is 2.65 bits per heavy atom. The monoisotopic (exact) mass is 256 g/mol. The Morgan fingerprint density at radius 2 is 2.06 bits per heavy atom. The van der Waals surface area contributed by atoms with E-state index in [2.05, 4.69) is 24.1 Å². The van der Waals surface area contributed by atoms with E-state index in [1.807, 2.05) is 18.7 Å².